The molecule has 0 fully saturated rings. The van der Waals surface area contributed by atoms with Crippen LogP contribution in [0.15, 0.2) is 46.9 Å². The molecular weight excluding hydrogens is 351 g/mol. The van der Waals surface area contributed by atoms with E-state index >= 15 is 0 Å². The lowest BCUT2D eigenvalue weighted by Gasteiger charge is -2.19. The summed E-state index contributed by atoms with van der Waals surface area (Å²) in [5, 5.41) is 11.9. The van der Waals surface area contributed by atoms with E-state index in [1.54, 1.807) is 0 Å². The number of rotatable bonds is 4. The van der Waals surface area contributed by atoms with Crippen molar-refractivity contribution in [2.75, 3.05) is 5.32 Å². The normalized spacial score (nSPS) is 14.2. The second kappa shape index (κ2) is 6.03. The largest absolute Gasteiger partial charge is 0.480 e. The number of aromatic nitrogens is 1. The van der Waals surface area contributed by atoms with E-state index in [1.165, 1.54) is 37.3 Å². The quantitative estimate of drug-likeness (QED) is 0.649. The molecule has 0 saturated heterocycles. The van der Waals surface area contributed by atoms with E-state index < -0.39 is 23.2 Å². The number of nitrogens with two attached hydrogens (primary N) is 1. The average molecular weight is 365 g/mol. The van der Waals surface area contributed by atoms with Crippen molar-refractivity contribution in [3.8, 4) is 0 Å². The lowest BCUT2D eigenvalue weighted by atomic mass is 9.93. The minimum absolute atomic E-state index is 0.0611. The lowest BCUT2D eigenvalue weighted by molar-refractivity contribution is -0.143. The Kier molecular flexibility index (Phi) is 4.11. The van der Waals surface area contributed by atoms with Crippen LogP contribution in [0.3, 0.4) is 0 Å². The molecule has 0 radical (unpaired) electrons. The number of fused-ring (bicyclic) bond motifs is 1. The van der Waals surface area contributed by atoms with Crippen molar-refractivity contribution in [3.05, 3.63) is 53.6 Å². The minimum atomic E-state index is -4.41. The van der Waals surface area contributed by atoms with Crippen LogP contribution >= 0.6 is 0 Å². The summed E-state index contributed by atoms with van der Waals surface area (Å²) in [6, 6.07) is 8.99. The Morgan fingerprint density at radius 3 is 2.35 bits per heavy atom. The summed E-state index contributed by atoms with van der Waals surface area (Å²) in [5.74, 6) is -1.19. The van der Waals surface area contributed by atoms with Gasteiger partial charge in [0, 0.05) is 5.69 Å². The van der Waals surface area contributed by atoms with E-state index in [9.17, 15) is 23.1 Å². The van der Waals surface area contributed by atoms with Crippen molar-refractivity contribution >= 4 is 28.8 Å². The molecule has 0 amide bonds. The van der Waals surface area contributed by atoms with Crippen LogP contribution in [0.5, 0.6) is 0 Å². The Morgan fingerprint density at radius 2 is 1.77 bits per heavy atom. The number of carboxylic acid groups (broad SMARTS) is 1. The number of carbonyl (C=O) groups is 1. The van der Waals surface area contributed by atoms with Crippen LogP contribution in [0, 0.1) is 0 Å². The number of nitrogens with zero attached hydrogens (tertiary/aromatic N) is 1. The van der Waals surface area contributed by atoms with E-state index in [0.717, 1.165) is 12.1 Å². The van der Waals surface area contributed by atoms with Gasteiger partial charge in [0.2, 0.25) is 0 Å². The first kappa shape index (κ1) is 17.7. The number of halogens is 3. The SMILES string of the molecule is CC(N)(C(=O)O)c1ccc2oc(Nc3ccc(C(F)(F)F)cc3)nc2c1. The van der Waals surface area contributed by atoms with E-state index in [2.05, 4.69) is 10.3 Å². The van der Waals surface area contributed by atoms with Crippen LogP contribution in [-0.4, -0.2) is 16.1 Å². The molecule has 1 unspecified atom stereocenters. The number of nitrogens with one attached hydrogen (secondary N) is 1. The third-order valence-corrected chi connectivity index (χ3v) is 3.90. The Morgan fingerprint density at radius 1 is 1.15 bits per heavy atom. The standard InChI is InChI=1S/C17H14F3N3O3/c1-16(21,14(24)25)10-4-7-13-12(8-10)23-15(26-13)22-11-5-2-9(3-6-11)17(18,19)20/h2-8H,21H2,1H3,(H,22,23)(H,24,25). The highest BCUT2D eigenvalue weighted by Gasteiger charge is 2.31. The zero-order valence-corrected chi connectivity index (χ0v) is 13.5. The highest BCUT2D eigenvalue weighted by molar-refractivity contribution is 5.83. The van der Waals surface area contributed by atoms with Gasteiger partial charge in [-0.1, -0.05) is 6.07 Å². The third kappa shape index (κ3) is 3.33. The molecule has 0 aliphatic carbocycles. The van der Waals surface area contributed by atoms with Crippen LogP contribution in [0.4, 0.5) is 24.9 Å². The first-order valence-corrected chi connectivity index (χ1v) is 7.45. The number of hydrogen-bond donors (Lipinski definition) is 3. The molecule has 1 atom stereocenters. The first-order chi connectivity index (χ1) is 12.1. The van der Waals surface area contributed by atoms with Gasteiger partial charge < -0.3 is 20.6 Å². The lowest BCUT2D eigenvalue weighted by Crippen LogP contribution is -2.41. The second-order valence-corrected chi connectivity index (χ2v) is 5.91. The minimum Gasteiger partial charge on any atom is -0.480 e. The number of alkyl halides is 3. The van der Waals surface area contributed by atoms with Crippen molar-refractivity contribution in [2.45, 2.75) is 18.6 Å². The van der Waals surface area contributed by atoms with Gasteiger partial charge >= 0.3 is 12.1 Å². The summed E-state index contributed by atoms with van der Waals surface area (Å²) in [6.45, 7) is 1.36. The molecule has 0 spiro atoms. The van der Waals surface area contributed by atoms with Crippen molar-refractivity contribution in [2.24, 2.45) is 5.73 Å². The molecule has 0 saturated carbocycles. The predicted octanol–water partition coefficient (Wildman–Crippen LogP) is 3.85. The maximum absolute atomic E-state index is 12.6. The Labute approximate surface area is 145 Å². The van der Waals surface area contributed by atoms with Crippen LogP contribution in [-0.2, 0) is 16.5 Å². The van der Waals surface area contributed by atoms with Crippen LogP contribution in [0.1, 0.15) is 18.1 Å². The maximum Gasteiger partial charge on any atom is 0.416 e. The molecule has 0 aliphatic heterocycles. The number of carboxylic acids is 1. The van der Waals surface area contributed by atoms with Gasteiger partial charge in [-0.15, -0.1) is 0 Å². The molecule has 3 aromatic rings. The first-order valence-electron chi connectivity index (χ1n) is 7.45. The van der Waals surface area contributed by atoms with Crippen molar-refractivity contribution in [1.82, 2.24) is 4.98 Å². The molecular formula is C17H14F3N3O3. The number of anilines is 2. The second-order valence-electron chi connectivity index (χ2n) is 5.91. The number of aliphatic carboxylic acids is 1. The molecule has 6 nitrogen and oxygen atoms in total. The van der Waals surface area contributed by atoms with Gasteiger partial charge in [0.05, 0.1) is 5.56 Å². The maximum atomic E-state index is 12.6. The van der Waals surface area contributed by atoms with Crippen LogP contribution in [0.25, 0.3) is 11.1 Å². The zero-order valence-electron chi connectivity index (χ0n) is 13.5. The van der Waals surface area contributed by atoms with E-state index in [-0.39, 0.29) is 6.01 Å². The monoisotopic (exact) mass is 365 g/mol. The van der Waals surface area contributed by atoms with E-state index in [0.29, 0.717) is 22.4 Å². The fourth-order valence-electron chi connectivity index (χ4n) is 2.29. The molecule has 26 heavy (non-hydrogen) atoms. The van der Waals surface area contributed by atoms with Crippen molar-refractivity contribution < 1.29 is 27.5 Å². The Bertz CT molecular complexity index is 963. The molecule has 3 rings (SSSR count). The van der Waals surface area contributed by atoms with Gasteiger partial charge in [0.15, 0.2) is 5.58 Å². The zero-order chi connectivity index (χ0) is 19.1. The van der Waals surface area contributed by atoms with Crippen molar-refractivity contribution in [3.63, 3.8) is 0 Å². The molecule has 9 heteroatoms. The number of benzene rings is 2. The fourth-order valence-corrected chi connectivity index (χ4v) is 2.29. The topological polar surface area (TPSA) is 101 Å². The summed E-state index contributed by atoms with van der Waals surface area (Å²) in [7, 11) is 0. The summed E-state index contributed by atoms with van der Waals surface area (Å²) in [5.41, 5.74) is 4.88. The van der Waals surface area contributed by atoms with Gasteiger partial charge in [-0.3, -0.25) is 0 Å². The predicted molar refractivity (Wildman–Crippen MR) is 87.9 cm³/mol. The summed E-state index contributed by atoms with van der Waals surface area (Å²) >= 11 is 0. The molecule has 4 N–H and O–H groups in total. The smallest absolute Gasteiger partial charge is 0.416 e. The highest BCUT2D eigenvalue weighted by Crippen LogP contribution is 2.31. The summed E-state index contributed by atoms with van der Waals surface area (Å²) < 4.78 is 43.2. The van der Waals surface area contributed by atoms with Gasteiger partial charge in [0.25, 0.3) is 6.01 Å². The van der Waals surface area contributed by atoms with Crippen LogP contribution in [0.2, 0.25) is 0 Å². The Balaban J connectivity index is 1.87. The molecule has 136 valence electrons. The highest BCUT2D eigenvalue weighted by atomic mass is 19.4. The molecule has 1 aromatic heterocycles. The van der Waals surface area contributed by atoms with Gasteiger partial charge in [-0.05, 0) is 48.9 Å². The average Bonchev–Trinajstić information content (AvgIpc) is 2.95. The summed E-state index contributed by atoms with van der Waals surface area (Å²) in [6.07, 6.45) is -4.41. The molecule has 1 heterocycles. The number of hydrogen-bond acceptors (Lipinski definition) is 5. The number of oxazole rings is 1. The van der Waals surface area contributed by atoms with Crippen molar-refractivity contribution in [1.29, 1.82) is 0 Å². The molecule has 0 bridgehead atoms. The molecule has 0 aliphatic rings. The third-order valence-electron chi connectivity index (χ3n) is 3.90. The van der Waals surface area contributed by atoms with E-state index in [1.807, 2.05) is 0 Å². The van der Waals surface area contributed by atoms with Crippen LogP contribution < -0.4 is 11.1 Å². The fraction of sp³-hybridized carbons (Fsp3) is 0.176. The molecule has 2 aromatic carbocycles. The van der Waals surface area contributed by atoms with Gasteiger partial charge in [0.1, 0.15) is 11.1 Å². The van der Waals surface area contributed by atoms with Gasteiger partial charge in [-0.25, -0.2) is 4.79 Å². The van der Waals surface area contributed by atoms with Gasteiger partial charge in [-0.2, -0.15) is 18.2 Å². The van der Waals surface area contributed by atoms with E-state index in [4.69, 9.17) is 10.2 Å². The Hall–Kier alpha value is -3.07. The summed E-state index contributed by atoms with van der Waals surface area (Å²) in [4.78, 5) is 15.4.